The Morgan fingerprint density at radius 1 is 0.963 bits per heavy atom. The van der Waals surface area contributed by atoms with Gasteiger partial charge in [0, 0.05) is 5.71 Å². The lowest BCUT2D eigenvalue weighted by atomic mass is 9.90. The maximum absolute atomic E-state index is 10.3. The Balaban J connectivity index is 1.79. The molecule has 2 aromatic carbocycles. The van der Waals surface area contributed by atoms with Crippen molar-refractivity contribution in [3.63, 3.8) is 0 Å². The van der Waals surface area contributed by atoms with E-state index in [0.717, 1.165) is 16.7 Å². The van der Waals surface area contributed by atoms with Crippen molar-refractivity contribution >= 4 is 5.71 Å². The van der Waals surface area contributed by atoms with Crippen molar-refractivity contribution in [2.24, 2.45) is 0 Å². The Hall–Kier alpha value is -2.09. The molecule has 1 heterocycles. The van der Waals surface area contributed by atoms with Crippen LogP contribution < -0.4 is 0 Å². The third-order valence-corrected chi connectivity index (χ3v) is 4.97. The summed E-state index contributed by atoms with van der Waals surface area (Å²) in [6.07, 6.45) is -5.12. The van der Waals surface area contributed by atoms with Crippen LogP contribution in [0.2, 0.25) is 0 Å². The number of nitrogens with one attached hydrogen (secondary N) is 1. The highest BCUT2D eigenvalue weighted by molar-refractivity contribution is 5.96. The molecule has 3 rings (SSSR count). The number of aliphatic hydroxyl groups excluding tert-OH is 4. The second-order valence-corrected chi connectivity index (χ2v) is 6.99. The molecule has 0 aromatic heterocycles. The summed E-state index contributed by atoms with van der Waals surface area (Å²) in [7, 11) is 0. The second kappa shape index (κ2) is 8.29. The fourth-order valence-electron chi connectivity index (χ4n) is 3.37. The average molecular weight is 371 g/mol. The van der Waals surface area contributed by atoms with Crippen molar-refractivity contribution in [3.8, 4) is 0 Å². The van der Waals surface area contributed by atoms with Crippen LogP contribution in [0.4, 0.5) is 0 Å². The number of hydrogen-bond donors (Lipinski definition) is 5. The lowest BCUT2D eigenvalue weighted by molar-refractivity contribution is -0.231. The molecule has 0 spiro atoms. The minimum absolute atomic E-state index is 0.445. The van der Waals surface area contributed by atoms with Crippen LogP contribution in [0.5, 0.6) is 0 Å². The van der Waals surface area contributed by atoms with Crippen LogP contribution >= 0.6 is 0 Å². The van der Waals surface area contributed by atoms with Gasteiger partial charge in [0.1, 0.15) is 30.5 Å². The first kappa shape index (κ1) is 19.7. The third kappa shape index (κ3) is 4.26. The van der Waals surface area contributed by atoms with Crippen molar-refractivity contribution in [2.45, 2.75) is 43.9 Å². The van der Waals surface area contributed by atoms with Crippen LogP contribution in [-0.2, 0) is 11.2 Å². The Morgan fingerprint density at radius 3 is 2.30 bits per heavy atom. The van der Waals surface area contributed by atoms with Gasteiger partial charge in [0.15, 0.2) is 0 Å². The van der Waals surface area contributed by atoms with Gasteiger partial charge in [-0.1, -0.05) is 48.5 Å². The van der Waals surface area contributed by atoms with E-state index in [0.29, 0.717) is 17.7 Å². The zero-order valence-corrected chi connectivity index (χ0v) is 15.1. The zero-order chi connectivity index (χ0) is 19.6. The molecule has 1 saturated heterocycles. The molecule has 0 saturated carbocycles. The number of rotatable bonds is 5. The largest absolute Gasteiger partial charge is 0.394 e. The van der Waals surface area contributed by atoms with E-state index in [1.807, 2.05) is 42.5 Å². The molecule has 5 N–H and O–H groups in total. The molecule has 2 aromatic rings. The molecule has 0 amide bonds. The molecule has 144 valence electrons. The summed E-state index contributed by atoms with van der Waals surface area (Å²) in [6.45, 7) is 1.30. The molecule has 0 bridgehead atoms. The maximum Gasteiger partial charge on any atom is 0.113 e. The van der Waals surface area contributed by atoms with Gasteiger partial charge in [-0.15, -0.1) is 0 Å². The van der Waals surface area contributed by atoms with Gasteiger partial charge >= 0.3 is 0 Å². The van der Waals surface area contributed by atoms with Crippen molar-refractivity contribution < 1.29 is 25.2 Å². The number of aliphatic hydroxyl groups is 4. The summed E-state index contributed by atoms with van der Waals surface area (Å²) in [6, 6.07) is 15.3. The first-order valence-corrected chi connectivity index (χ1v) is 8.94. The highest BCUT2D eigenvalue weighted by atomic mass is 16.5. The molecule has 1 aliphatic heterocycles. The van der Waals surface area contributed by atoms with Crippen molar-refractivity contribution in [1.82, 2.24) is 0 Å². The minimum Gasteiger partial charge on any atom is -0.394 e. The van der Waals surface area contributed by atoms with E-state index in [9.17, 15) is 20.4 Å². The van der Waals surface area contributed by atoms with Crippen molar-refractivity contribution in [2.75, 3.05) is 6.61 Å². The highest BCUT2D eigenvalue weighted by Gasteiger charge is 2.43. The predicted molar refractivity (Wildman–Crippen MR) is 101 cm³/mol. The molecule has 27 heavy (non-hydrogen) atoms. The molecule has 1 fully saturated rings. The summed E-state index contributed by atoms with van der Waals surface area (Å²) in [5.41, 5.74) is 4.17. The van der Waals surface area contributed by atoms with E-state index in [2.05, 4.69) is 0 Å². The van der Waals surface area contributed by atoms with Crippen LogP contribution in [0.15, 0.2) is 48.5 Å². The van der Waals surface area contributed by atoms with E-state index < -0.39 is 37.1 Å². The fourth-order valence-corrected chi connectivity index (χ4v) is 3.37. The first-order chi connectivity index (χ1) is 12.9. The van der Waals surface area contributed by atoms with Crippen LogP contribution in [0, 0.1) is 5.41 Å². The Bertz CT molecular complexity index is 789. The van der Waals surface area contributed by atoms with Gasteiger partial charge < -0.3 is 30.6 Å². The zero-order valence-electron chi connectivity index (χ0n) is 15.1. The van der Waals surface area contributed by atoms with E-state index in [1.165, 1.54) is 0 Å². The lowest BCUT2D eigenvalue weighted by Crippen LogP contribution is -2.55. The standard InChI is InChI=1S/C21H25NO5/c1-12(22)15-7-5-13(6-8-15)9-14-3-2-4-16(10-14)21-20(26)19(25)18(24)17(11-23)27-21/h2-8,10,17-26H,9,11H2,1H3. The van der Waals surface area contributed by atoms with Crippen molar-refractivity contribution in [3.05, 3.63) is 70.8 Å². The normalized spacial score (nSPS) is 28.1. The molecular weight excluding hydrogens is 346 g/mol. The molecule has 6 nitrogen and oxygen atoms in total. The SMILES string of the molecule is CC(=N)c1ccc(Cc2cccc(C3OC(CO)C(O)C(O)C3O)c2)cc1. The van der Waals surface area contributed by atoms with Gasteiger partial charge in [0.25, 0.3) is 0 Å². The summed E-state index contributed by atoms with van der Waals surface area (Å²) in [5, 5.41) is 47.2. The molecule has 0 aliphatic carbocycles. The van der Waals surface area contributed by atoms with E-state index in [1.54, 1.807) is 13.0 Å². The van der Waals surface area contributed by atoms with Gasteiger partial charge in [0.05, 0.1) is 6.61 Å². The topological polar surface area (TPSA) is 114 Å². The van der Waals surface area contributed by atoms with Crippen LogP contribution in [0.3, 0.4) is 0 Å². The highest BCUT2D eigenvalue weighted by Crippen LogP contribution is 2.32. The maximum atomic E-state index is 10.3. The smallest absolute Gasteiger partial charge is 0.113 e. The lowest BCUT2D eigenvalue weighted by Gasteiger charge is -2.40. The molecular formula is C21H25NO5. The van der Waals surface area contributed by atoms with Crippen LogP contribution in [0.25, 0.3) is 0 Å². The first-order valence-electron chi connectivity index (χ1n) is 8.94. The Labute approximate surface area is 158 Å². The summed E-state index contributed by atoms with van der Waals surface area (Å²) in [4.78, 5) is 0. The van der Waals surface area contributed by atoms with E-state index in [-0.39, 0.29) is 0 Å². The molecule has 5 atom stereocenters. The number of benzene rings is 2. The minimum atomic E-state index is -1.39. The number of hydrogen-bond acceptors (Lipinski definition) is 6. The molecule has 6 heteroatoms. The predicted octanol–water partition coefficient (Wildman–Crippen LogP) is 1.18. The monoisotopic (exact) mass is 371 g/mol. The van der Waals surface area contributed by atoms with Crippen LogP contribution in [0.1, 0.15) is 35.3 Å². The van der Waals surface area contributed by atoms with E-state index >= 15 is 0 Å². The quantitative estimate of drug-likeness (QED) is 0.507. The molecule has 5 unspecified atom stereocenters. The van der Waals surface area contributed by atoms with Crippen LogP contribution in [-0.4, -0.2) is 57.2 Å². The average Bonchev–Trinajstić information content (AvgIpc) is 2.67. The summed E-state index contributed by atoms with van der Waals surface area (Å²) in [5.74, 6) is 0. The van der Waals surface area contributed by atoms with Gasteiger partial charge in [-0.25, -0.2) is 0 Å². The number of ether oxygens (including phenoxy) is 1. The Kier molecular flexibility index (Phi) is 6.04. The van der Waals surface area contributed by atoms with Gasteiger partial charge in [-0.3, -0.25) is 0 Å². The van der Waals surface area contributed by atoms with Gasteiger partial charge in [-0.05, 0) is 35.6 Å². The van der Waals surface area contributed by atoms with Gasteiger partial charge in [-0.2, -0.15) is 0 Å². The summed E-state index contributed by atoms with van der Waals surface area (Å²) < 4.78 is 5.63. The Morgan fingerprint density at radius 2 is 1.67 bits per heavy atom. The van der Waals surface area contributed by atoms with Gasteiger partial charge in [0.2, 0.25) is 0 Å². The molecule has 0 radical (unpaired) electrons. The second-order valence-electron chi connectivity index (χ2n) is 6.99. The summed E-state index contributed by atoms with van der Waals surface area (Å²) >= 11 is 0. The van der Waals surface area contributed by atoms with E-state index in [4.69, 9.17) is 10.1 Å². The van der Waals surface area contributed by atoms with Crippen molar-refractivity contribution in [1.29, 1.82) is 5.41 Å². The third-order valence-electron chi connectivity index (χ3n) is 4.97. The fraction of sp³-hybridized carbons (Fsp3) is 0.381. The molecule has 1 aliphatic rings.